The number of rotatable bonds is 9. The lowest BCUT2D eigenvalue weighted by Gasteiger charge is -2.12. The molecule has 0 saturated heterocycles. The Morgan fingerprint density at radius 2 is 1.88 bits per heavy atom. The number of amides is 2. The molecule has 33 heavy (non-hydrogen) atoms. The summed E-state index contributed by atoms with van der Waals surface area (Å²) < 4.78 is 15.7. The number of esters is 1. The number of ether oxygens (including phenoxy) is 3. The van der Waals surface area contributed by atoms with E-state index >= 15 is 0 Å². The van der Waals surface area contributed by atoms with Crippen LogP contribution >= 0.6 is 22.9 Å². The number of anilines is 1. The van der Waals surface area contributed by atoms with Gasteiger partial charge >= 0.3 is 5.97 Å². The first-order valence-corrected chi connectivity index (χ1v) is 11.1. The van der Waals surface area contributed by atoms with Gasteiger partial charge in [0.05, 0.1) is 19.3 Å². The van der Waals surface area contributed by atoms with E-state index in [1.807, 2.05) is 0 Å². The standard InChI is InChI=1S/C23H21ClN2O6S/c1-3-31-23(29)20-16(14-6-4-5-7-17(14)24)12-33-22(20)26-19(27)11-32-18-9-8-13(30-2)10-15(18)21(25)28/h4-10,12H,3,11H2,1-2H3,(H2,25,28)(H,26,27). The maximum atomic E-state index is 12.7. The normalized spacial score (nSPS) is 10.4. The predicted molar refractivity (Wildman–Crippen MR) is 126 cm³/mol. The van der Waals surface area contributed by atoms with Crippen LogP contribution in [0.25, 0.3) is 11.1 Å². The summed E-state index contributed by atoms with van der Waals surface area (Å²) in [6.45, 7) is 1.44. The molecule has 1 heterocycles. The smallest absolute Gasteiger partial charge is 0.341 e. The van der Waals surface area contributed by atoms with Crippen molar-refractivity contribution in [3.63, 3.8) is 0 Å². The molecular weight excluding hydrogens is 468 g/mol. The van der Waals surface area contributed by atoms with Crippen molar-refractivity contribution in [1.29, 1.82) is 0 Å². The van der Waals surface area contributed by atoms with Crippen LogP contribution in [0.5, 0.6) is 11.5 Å². The summed E-state index contributed by atoms with van der Waals surface area (Å²) in [5.41, 5.74) is 6.85. The highest BCUT2D eigenvalue weighted by molar-refractivity contribution is 7.15. The molecule has 10 heteroatoms. The van der Waals surface area contributed by atoms with E-state index in [2.05, 4.69) is 5.32 Å². The van der Waals surface area contributed by atoms with Gasteiger partial charge in [-0.1, -0.05) is 29.8 Å². The minimum Gasteiger partial charge on any atom is -0.497 e. The topological polar surface area (TPSA) is 117 Å². The molecular formula is C23H21ClN2O6S. The van der Waals surface area contributed by atoms with Gasteiger partial charge in [-0.15, -0.1) is 11.3 Å². The fourth-order valence-corrected chi connectivity index (χ4v) is 4.20. The van der Waals surface area contributed by atoms with E-state index in [4.69, 9.17) is 31.5 Å². The number of primary amides is 1. The number of benzene rings is 2. The van der Waals surface area contributed by atoms with Crippen molar-refractivity contribution in [3.05, 3.63) is 64.0 Å². The van der Waals surface area contributed by atoms with Gasteiger partial charge in [0.15, 0.2) is 6.61 Å². The maximum absolute atomic E-state index is 12.7. The van der Waals surface area contributed by atoms with Crippen LogP contribution in [0.3, 0.4) is 0 Å². The van der Waals surface area contributed by atoms with Crippen LogP contribution in [-0.2, 0) is 9.53 Å². The number of hydrogen-bond acceptors (Lipinski definition) is 7. The van der Waals surface area contributed by atoms with Crippen LogP contribution in [0.2, 0.25) is 5.02 Å². The van der Waals surface area contributed by atoms with Crippen molar-refractivity contribution < 1.29 is 28.6 Å². The first-order valence-electron chi connectivity index (χ1n) is 9.79. The fraction of sp³-hybridized carbons (Fsp3) is 0.174. The Morgan fingerprint density at radius 1 is 1.12 bits per heavy atom. The summed E-state index contributed by atoms with van der Waals surface area (Å²) in [5, 5.41) is 5.14. The molecule has 0 radical (unpaired) electrons. The Hall–Kier alpha value is -3.56. The Balaban J connectivity index is 1.82. The van der Waals surface area contributed by atoms with Gasteiger partial charge in [-0.3, -0.25) is 9.59 Å². The first kappa shape index (κ1) is 24.1. The zero-order valence-corrected chi connectivity index (χ0v) is 19.4. The Kier molecular flexibility index (Phi) is 7.92. The summed E-state index contributed by atoms with van der Waals surface area (Å²) in [5.74, 6) is -1.30. The highest BCUT2D eigenvalue weighted by Crippen LogP contribution is 2.39. The summed E-state index contributed by atoms with van der Waals surface area (Å²) >= 11 is 7.46. The summed E-state index contributed by atoms with van der Waals surface area (Å²) in [7, 11) is 1.45. The minimum atomic E-state index is -0.725. The van der Waals surface area contributed by atoms with E-state index in [9.17, 15) is 14.4 Å². The predicted octanol–water partition coefficient (Wildman–Crippen LogP) is 4.37. The molecule has 3 rings (SSSR count). The molecule has 8 nitrogen and oxygen atoms in total. The molecule has 0 spiro atoms. The first-order chi connectivity index (χ1) is 15.8. The molecule has 0 bridgehead atoms. The van der Waals surface area contributed by atoms with Gasteiger partial charge in [0.25, 0.3) is 11.8 Å². The molecule has 0 saturated carbocycles. The van der Waals surface area contributed by atoms with Gasteiger partial charge < -0.3 is 25.3 Å². The summed E-state index contributed by atoms with van der Waals surface area (Å²) in [6.07, 6.45) is 0. The minimum absolute atomic E-state index is 0.0755. The molecule has 172 valence electrons. The van der Waals surface area contributed by atoms with Gasteiger partial charge in [-0.2, -0.15) is 0 Å². The lowest BCUT2D eigenvalue weighted by molar-refractivity contribution is -0.118. The Bertz CT molecular complexity index is 1190. The quantitative estimate of drug-likeness (QED) is 0.432. The van der Waals surface area contributed by atoms with Gasteiger partial charge in [0, 0.05) is 21.5 Å². The van der Waals surface area contributed by atoms with Crippen molar-refractivity contribution in [3.8, 4) is 22.6 Å². The second-order valence-electron chi connectivity index (χ2n) is 6.62. The third-order valence-electron chi connectivity index (χ3n) is 4.50. The van der Waals surface area contributed by atoms with E-state index in [0.717, 1.165) is 11.3 Å². The van der Waals surface area contributed by atoms with Crippen LogP contribution in [0, 0.1) is 0 Å². The van der Waals surface area contributed by atoms with Crippen molar-refractivity contribution in [1.82, 2.24) is 0 Å². The van der Waals surface area contributed by atoms with Crippen LogP contribution in [-0.4, -0.2) is 38.1 Å². The van der Waals surface area contributed by atoms with E-state index in [1.165, 1.54) is 19.2 Å². The molecule has 3 N–H and O–H groups in total. The Labute approximate surface area is 199 Å². The molecule has 0 atom stereocenters. The van der Waals surface area contributed by atoms with Gasteiger partial charge in [-0.25, -0.2) is 4.79 Å². The summed E-state index contributed by atoms with van der Waals surface area (Å²) in [6, 6.07) is 11.5. The SMILES string of the molecule is CCOC(=O)c1c(-c2ccccc2Cl)csc1NC(=O)COc1ccc(OC)cc1C(N)=O. The van der Waals surface area contributed by atoms with E-state index in [0.29, 0.717) is 26.9 Å². The zero-order chi connectivity index (χ0) is 24.0. The number of carbonyl (C=O) groups is 3. The summed E-state index contributed by atoms with van der Waals surface area (Å²) in [4.78, 5) is 37.0. The number of nitrogens with two attached hydrogens (primary N) is 1. The second kappa shape index (κ2) is 10.8. The molecule has 0 fully saturated rings. The molecule has 0 aliphatic rings. The number of methoxy groups -OCH3 is 1. The third kappa shape index (κ3) is 5.63. The molecule has 0 unspecified atom stereocenters. The van der Waals surface area contributed by atoms with Gasteiger partial charge in [0.1, 0.15) is 22.1 Å². The largest absolute Gasteiger partial charge is 0.497 e. The van der Waals surface area contributed by atoms with Crippen LogP contribution in [0.1, 0.15) is 27.6 Å². The molecule has 1 aromatic heterocycles. The van der Waals surface area contributed by atoms with Gasteiger partial charge in [-0.05, 0) is 31.2 Å². The number of nitrogens with one attached hydrogen (secondary N) is 1. The van der Waals surface area contributed by atoms with Crippen LogP contribution < -0.4 is 20.5 Å². The monoisotopic (exact) mass is 488 g/mol. The third-order valence-corrected chi connectivity index (χ3v) is 5.72. The maximum Gasteiger partial charge on any atom is 0.341 e. The Morgan fingerprint density at radius 3 is 2.55 bits per heavy atom. The van der Waals surface area contributed by atoms with Crippen molar-refractivity contribution in [2.45, 2.75) is 6.92 Å². The number of hydrogen-bond donors (Lipinski definition) is 2. The number of halogens is 1. The molecule has 0 aliphatic heterocycles. The highest BCUT2D eigenvalue weighted by Gasteiger charge is 2.24. The van der Waals surface area contributed by atoms with Crippen LogP contribution in [0.4, 0.5) is 5.00 Å². The van der Waals surface area contributed by atoms with E-state index in [-0.39, 0.29) is 23.5 Å². The second-order valence-corrected chi connectivity index (χ2v) is 7.90. The van der Waals surface area contributed by atoms with Crippen LogP contribution in [0.15, 0.2) is 47.8 Å². The van der Waals surface area contributed by atoms with E-state index in [1.54, 1.807) is 42.6 Å². The van der Waals surface area contributed by atoms with Gasteiger partial charge in [0.2, 0.25) is 0 Å². The molecule has 2 aromatic carbocycles. The highest BCUT2D eigenvalue weighted by atomic mass is 35.5. The average Bonchev–Trinajstić information content (AvgIpc) is 3.21. The number of carbonyl (C=O) groups excluding carboxylic acids is 3. The zero-order valence-electron chi connectivity index (χ0n) is 17.8. The lowest BCUT2D eigenvalue weighted by Crippen LogP contribution is -2.22. The molecule has 3 aromatic rings. The van der Waals surface area contributed by atoms with Crippen molar-refractivity contribution >= 4 is 45.7 Å². The van der Waals surface area contributed by atoms with Crippen molar-refractivity contribution in [2.75, 3.05) is 25.6 Å². The van der Waals surface area contributed by atoms with Crippen molar-refractivity contribution in [2.24, 2.45) is 5.73 Å². The van der Waals surface area contributed by atoms with E-state index < -0.39 is 24.4 Å². The number of thiophene rings is 1. The molecule has 0 aliphatic carbocycles. The molecule has 2 amide bonds. The average molecular weight is 489 g/mol. The fourth-order valence-electron chi connectivity index (χ4n) is 2.99. The lowest BCUT2D eigenvalue weighted by atomic mass is 10.0.